The summed E-state index contributed by atoms with van der Waals surface area (Å²) in [4.78, 5) is 11.8. The third-order valence-electron chi connectivity index (χ3n) is 3.50. The van der Waals surface area contributed by atoms with Crippen LogP contribution in [0.25, 0.3) is 0 Å². The predicted octanol–water partition coefficient (Wildman–Crippen LogP) is 5.68. The first-order chi connectivity index (χ1) is 9.65. The Morgan fingerprint density at radius 1 is 0.900 bits per heavy atom. The summed E-state index contributed by atoms with van der Waals surface area (Å²) in [5, 5.41) is 0. The second-order valence-electron chi connectivity index (χ2n) is 5.28. The van der Waals surface area contributed by atoms with Crippen molar-refractivity contribution >= 4 is 5.78 Å². The van der Waals surface area contributed by atoms with Crippen molar-refractivity contribution in [2.24, 2.45) is 0 Å². The van der Waals surface area contributed by atoms with Crippen LogP contribution < -0.4 is 0 Å². The Balaban J connectivity index is 2.15. The van der Waals surface area contributed by atoms with Crippen LogP contribution in [-0.4, -0.2) is 5.78 Å². The van der Waals surface area contributed by atoms with Crippen LogP contribution in [0.3, 0.4) is 0 Å². The molecule has 1 rings (SSSR count). The fourth-order valence-corrected chi connectivity index (χ4v) is 2.23. The third kappa shape index (κ3) is 6.27. The Hall–Kier alpha value is -1.25. The molecule has 0 spiro atoms. The highest BCUT2D eigenvalue weighted by atomic mass is 19.2. The molecule has 0 heterocycles. The number of ketones is 1. The summed E-state index contributed by atoms with van der Waals surface area (Å²) in [7, 11) is 0. The lowest BCUT2D eigenvalue weighted by Crippen LogP contribution is -2.00. The van der Waals surface area contributed by atoms with Gasteiger partial charge in [-0.15, -0.1) is 0 Å². The van der Waals surface area contributed by atoms with E-state index >= 15 is 0 Å². The minimum Gasteiger partial charge on any atom is -0.294 e. The second-order valence-corrected chi connectivity index (χ2v) is 5.28. The van der Waals surface area contributed by atoms with Crippen molar-refractivity contribution in [1.29, 1.82) is 0 Å². The SMILES string of the molecule is CCCCCCCCCCC(=O)c1ccc(F)c(F)c1. The van der Waals surface area contributed by atoms with E-state index in [4.69, 9.17) is 0 Å². The zero-order valence-electron chi connectivity index (χ0n) is 12.3. The molecule has 0 aromatic heterocycles. The highest BCUT2D eigenvalue weighted by Crippen LogP contribution is 2.14. The van der Waals surface area contributed by atoms with Gasteiger partial charge in [0.05, 0.1) is 0 Å². The van der Waals surface area contributed by atoms with Crippen LogP contribution in [0.15, 0.2) is 18.2 Å². The molecule has 1 aromatic carbocycles. The lowest BCUT2D eigenvalue weighted by Gasteiger charge is -2.03. The van der Waals surface area contributed by atoms with Gasteiger partial charge in [0, 0.05) is 12.0 Å². The zero-order chi connectivity index (χ0) is 14.8. The molecule has 0 aliphatic rings. The second kappa shape index (κ2) is 9.62. The summed E-state index contributed by atoms with van der Waals surface area (Å²) in [6.07, 6.45) is 9.76. The first-order valence-corrected chi connectivity index (χ1v) is 7.63. The molecule has 3 heteroatoms. The summed E-state index contributed by atoms with van der Waals surface area (Å²) < 4.78 is 25.8. The topological polar surface area (TPSA) is 17.1 Å². The number of unbranched alkanes of at least 4 members (excludes halogenated alkanes) is 7. The van der Waals surface area contributed by atoms with Gasteiger partial charge in [-0.1, -0.05) is 51.9 Å². The fraction of sp³-hybridized carbons (Fsp3) is 0.588. The predicted molar refractivity (Wildman–Crippen MR) is 77.9 cm³/mol. The maximum atomic E-state index is 13.0. The molecule has 0 aliphatic heterocycles. The minimum atomic E-state index is -0.952. The number of benzene rings is 1. The average Bonchev–Trinajstić information content (AvgIpc) is 2.44. The molecule has 0 saturated carbocycles. The molecule has 0 bridgehead atoms. The Labute approximate surface area is 120 Å². The van der Waals surface area contributed by atoms with Gasteiger partial charge in [-0.05, 0) is 24.6 Å². The van der Waals surface area contributed by atoms with Gasteiger partial charge in [0.25, 0.3) is 0 Å². The van der Waals surface area contributed by atoms with E-state index < -0.39 is 11.6 Å². The van der Waals surface area contributed by atoms with Crippen LogP contribution in [0.2, 0.25) is 0 Å². The molecule has 0 radical (unpaired) electrons. The smallest absolute Gasteiger partial charge is 0.162 e. The van der Waals surface area contributed by atoms with Crippen molar-refractivity contribution in [3.63, 3.8) is 0 Å². The van der Waals surface area contributed by atoms with E-state index in [9.17, 15) is 13.6 Å². The number of carbonyl (C=O) groups excluding carboxylic acids is 1. The number of hydrogen-bond donors (Lipinski definition) is 0. The van der Waals surface area contributed by atoms with E-state index in [1.54, 1.807) is 0 Å². The standard InChI is InChI=1S/C17H24F2O/c1-2-3-4-5-6-7-8-9-10-17(20)14-11-12-15(18)16(19)13-14/h11-13H,2-10H2,1H3. The molecule has 0 aliphatic carbocycles. The molecule has 0 amide bonds. The van der Waals surface area contributed by atoms with E-state index in [1.165, 1.54) is 38.2 Å². The number of hydrogen-bond acceptors (Lipinski definition) is 1. The fourth-order valence-electron chi connectivity index (χ4n) is 2.23. The van der Waals surface area contributed by atoms with Crippen LogP contribution in [0.1, 0.15) is 75.1 Å². The minimum absolute atomic E-state index is 0.102. The molecule has 112 valence electrons. The summed E-state index contributed by atoms with van der Waals surface area (Å²) in [6.45, 7) is 2.20. The largest absolute Gasteiger partial charge is 0.294 e. The summed E-state index contributed by atoms with van der Waals surface area (Å²) in [6, 6.07) is 3.35. The van der Waals surface area contributed by atoms with Crippen molar-refractivity contribution in [3.8, 4) is 0 Å². The number of halogens is 2. The van der Waals surface area contributed by atoms with E-state index in [1.807, 2.05) is 0 Å². The lowest BCUT2D eigenvalue weighted by atomic mass is 10.0. The molecule has 1 nitrogen and oxygen atoms in total. The highest BCUT2D eigenvalue weighted by molar-refractivity contribution is 5.95. The van der Waals surface area contributed by atoms with Gasteiger partial charge in [-0.25, -0.2) is 8.78 Å². The summed E-state index contributed by atoms with van der Waals surface area (Å²) in [5.41, 5.74) is 0.270. The van der Waals surface area contributed by atoms with Crippen LogP contribution in [0, 0.1) is 11.6 Å². The highest BCUT2D eigenvalue weighted by Gasteiger charge is 2.09. The number of rotatable bonds is 10. The third-order valence-corrected chi connectivity index (χ3v) is 3.50. The van der Waals surface area contributed by atoms with Gasteiger partial charge in [-0.2, -0.15) is 0 Å². The Morgan fingerprint density at radius 3 is 2.10 bits per heavy atom. The van der Waals surface area contributed by atoms with Gasteiger partial charge in [0.2, 0.25) is 0 Å². The molecule has 0 saturated heterocycles. The van der Waals surface area contributed by atoms with Crippen molar-refractivity contribution in [3.05, 3.63) is 35.4 Å². The van der Waals surface area contributed by atoms with E-state index in [0.717, 1.165) is 31.4 Å². The molecular formula is C17H24F2O. The van der Waals surface area contributed by atoms with Gasteiger partial charge in [0.15, 0.2) is 17.4 Å². The summed E-state index contributed by atoms with van der Waals surface area (Å²) in [5.74, 6) is -1.96. The zero-order valence-corrected chi connectivity index (χ0v) is 12.3. The lowest BCUT2D eigenvalue weighted by molar-refractivity contribution is 0.0978. The molecular weight excluding hydrogens is 258 g/mol. The summed E-state index contributed by atoms with van der Waals surface area (Å²) >= 11 is 0. The molecule has 1 aromatic rings. The van der Waals surface area contributed by atoms with Crippen LogP contribution in [-0.2, 0) is 0 Å². The molecule has 0 unspecified atom stereocenters. The first-order valence-electron chi connectivity index (χ1n) is 7.63. The van der Waals surface area contributed by atoms with Crippen molar-refractivity contribution in [2.75, 3.05) is 0 Å². The van der Waals surface area contributed by atoms with Crippen LogP contribution >= 0.6 is 0 Å². The van der Waals surface area contributed by atoms with Crippen LogP contribution in [0.5, 0.6) is 0 Å². The van der Waals surface area contributed by atoms with E-state index in [2.05, 4.69) is 6.92 Å². The normalized spacial score (nSPS) is 10.8. The number of carbonyl (C=O) groups is 1. The van der Waals surface area contributed by atoms with Gasteiger partial charge in [0.1, 0.15) is 0 Å². The van der Waals surface area contributed by atoms with Gasteiger partial charge >= 0.3 is 0 Å². The first kappa shape index (κ1) is 16.8. The van der Waals surface area contributed by atoms with Crippen molar-refractivity contribution < 1.29 is 13.6 Å². The van der Waals surface area contributed by atoms with Crippen molar-refractivity contribution in [1.82, 2.24) is 0 Å². The number of Topliss-reactive ketones (excluding diaryl/α,β-unsaturated/α-hetero) is 1. The maximum Gasteiger partial charge on any atom is 0.162 e. The van der Waals surface area contributed by atoms with Crippen molar-refractivity contribution in [2.45, 2.75) is 64.7 Å². The Bertz CT molecular complexity index is 415. The average molecular weight is 282 g/mol. The Morgan fingerprint density at radius 2 is 1.50 bits per heavy atom. The van der Waals surface area contributed by atoms with Gasteiger partial charge in [-0.3, -0.25) is 4.79 Å². The molecule has 0 atom stereocenters. The molecule has 0 N–H and O–H groups in total. The van der Waals surface area contributed by atoms with E-state index in [0.29, 0.717) is 6.42 Å². The Kier molecular flexibility index (Phi) is 8.08. The molecule has 20 heavy (non-hydrogen) atoms. The quantitative estimate of drug-likeness (QED) is 0.398. The van der Waals surface area contributed by atoms with Gasteiger partial charge < -0.3 is 0 Å². The maximum absolute atomic E-state index is 13.0. The molecule has 0 fully saturated rings. The monoisotopic (exact) mass is 282 g/mol. The van der Waals surface area contributed by atoms with Crippen LogP contribution in [0.4, 0.5) is 8.78 Å². The van der Waals surface area contributed by atoms with E-state index in [-0.39, 0.29) is 11.3 Å².